The molecule has 22 heavy (non-hydrogen) atoms. The summed E-state index contributed by atoms with van der Waals surface area (Å²) in [5.41, 5.74) is 0.946. The van der Waals surface area contributed by atoms with E-state index in [1.54, 1.807) is 6.20 Å². The second-order valence-electron chi connectivity index (χ2n) is 5.44. The number of para-hydroxylation sites is 1. The van der Waals surface area contributed by atoms with Gasteiger partial charge >= 0.3 is 0 Å². The summed E-state index contributed by atoms with van der Waals surface area (Å²) >= 11 is 0. The molecule has 0 saturated carbocycles. The van der Waals surface area contributed by atoms with Crippen LogP contribution in [0.25, 0.3) is 10.9 Å². The lowest BCUT2D eigenvalue weighted by atomic mass is 9.99. The van der Waals surface area contributed by atoms with Crippen molar-refractivity contribution in [2.45, 2.75) is 30.7 Å². The van der Waals surface area contributed by atoms with Crippen LogP contribution in [-0.2, 0) is 11.8 Å². The third kappa shape index (κ3) is 2.47. The van der Waals surface area contributed by atoms with Crippen LogP contribution >= 0.6 is 0 Å². The van der Waals surface area contributed by atoms with Gasteiger partial charge in [0.2, 0.25) is 6.29 Å². The van der Waals surface area contributed by atoms with Gasteiger partial charge in [0.1, 0.15) is 30.2 Å². The van der Waals surface area contributed by atoms with Crippen molar-refractivity contribution < 1.29 is 29.9 Å². The van der Waals surface area contributed by atoms with E-state index < -0.39 is 37.3 Å². The van der Waals surface area contributed by atoms with Gasteiger partial charge in [-0.25, -0.2) is 0 Å². The quantitative estimate of drug-likeness (QED) is 0.601. The first-order valence-corrected chi connectivity index (χ1v) is 7.04. The summed E-state index contributed by atoms with van der Waals surface area (Å²) in [4.78, 5) is 0. The lowest BCUT2D eigenvalue weighted by Crippen LogP contribution is -2.60. The van der Waals surface area contributed by atoms with E-state index >= 15 is 0 Å². The fourth-order valence-electron chi connectivity index (χ4n) is 2.69. The molecule has 0 spiro atoms. The SMILES string of the molecule is Cn1cc(O[C@@H]2OC(CO)[C@@H](O)C(O)C2O)c2ccccc21. The van der Waals surface area contributed by atoms with Gasteiger partial charge in [-0.2, -0.15) is 0 Å². The van der Waals surface area contributed by atoms with Gasteiger partial charge in [0.15, 0.2) is 0 Å². The fourth-order valence-corrected chi connectivity index (χ4v) is 2.69. The summed E-state index contributed by atoms with van der Waals surface area (Å²) in [6.07, 6.45) is -4.69. The second-order valence-corrected chi connectivity index (χ2v) is 5.44. The van der Waals surface area contributed by atoms with Crippen molar-refractivity contribution in [1.82, 2.24) is 4.57 Å². The molecule has 1 aliphatic rings. The number of benzene rings is 1. The summed E-state index contributed by atoms with van der Waals surface area (Å²) in [6, 6.07) is 7.56. The Balaban J connectivity index is 1.87. The molecule has 3 unspecified atom stereocenters. The molecular weight excluding hydrogens is 290 g/mol. The maximum atomic E-state index is 10.0. The van der Waals surface area contributed by atoms with Gasteiger partial charge in [-0.1, -0.05) is 12.1 Å². The number of aliphatic hydroxyl groups is 4. The molecule has 2 aromatic rings. The smallest absolute Gasteiger partial charge is 0.229 e. The van der Waals surface area contributed by atoms with Crippen molar-refractivity contribution in [1.29, 1.82) is 0 Å². The van der Waals surface area contributed by atoms with Crippen LogP contribution in [0.3, 0.4) is 0 Å². The van der Waals surface area contributed by atoms with Crippen molar-refractivity contribution in [2.75, 3.05) is 6.61 Å². The molecule has 5 atom stereocenters. The van der Waals surface area contributed by atoms with Crippen molar-refractivity contribution >= 4 is 10.9 Å². The van der Waals surface area contributed by atoms with E-state index in [1.807, 2.05) is 35.9 Å². The molecule has 7 nitrogen and oxygen atoms in total. The monoisotopic (exact) mass is 309 g/mol. The van der Waals surface area contributed by atoms with Crippen LogP contribution in [0.5, 0.6) is 5.75 Å². The number of ether oxygens (including phenoxy) is 2. The third-order valence-corrected chi connectivity index (χ3v) is 3.95. The average molecular weight is 309 g/mol. The molecule has 7 heteroatoms. The highest BCUT2D eigenvalue weighted by Crippen LogP contribution is 2.30. The summed E-state index contributed by atoms with van der Waals surface area (Å²) in [7, 11) is 1.86. The number of aliphatic hydroxyl groups excluding tert-OH is 4. The van der Waals surface area contributed by atoms with Gasteiger partial charge in [0.25, 0.3) is 0 Å². The first kappa shape index (κ1) is 15.3. The zero-order chi connectivity index (χ0) is 15.9. The van der Waals surface area contributed by atoms with Crippen LogP contribution in [0.4, 0.5) is 0 Å². The first-order valence-electron chi connectivity index (χ1n) is 7.04. The highest BCUT2D eigenvalue weighted by atomic mass is 16.7. The van der Waals surface area contributed by atoms with Crippen LogP contribution < -0.4 is 4.74 Å². The van der Waals surface area contributed by atoms with E-state index in [-0.39, 0.29) is 0 Å². The van der Waals surface area contributed by atoms with Gasteiger partial charge in [-0.05, 0) is 12.1 Å². The van der Waals surface area contributed by atoms with Crippen molar-refractivity contribution in [3.63, 3.8) is 0 Å². The van der Waals surface area contributed by atoms with Crippen molar-refractivity contribution in [3.05, 3.63) is 30.5 Å². The number of nitrogens with zero attached hydrogens (tertiary/aromatic N) is 1. The van der Waals surface area contributed by atoms with E-state index in [4.69, 9.17) is 9.47 Å². The van der Waals surface area contributed by atoms with Gasteiger partial charge in [-0.3, -0.25) is 0 Å². The molecule has 0 bridgehead atoms. The number of fused-ring (bicyclic) bond motifs is 1. The molecule has 1 aliphatic heterocycles. The minimum atomic E-state index is -1.45. The Labute approximate surface area is 126 Å². The van der Waals surface area contributed by atoms with Gasteiger partial charge in [0, 0.05) is 18.6 Å². The maximum Gasteiger partial charge on any atom is 0.229 e. The van der Waals surface area contributed by atoms with E-state index in [0.717, 1.165) is 10.9 Å². The maximum absolute atomic E-state index is 10.0. The Hall–Kier alpha value is -1.64. The number of aryl methyl sites for hydroxylation is 1. The van der Waals surface area contributed by atoms with E-state index in [1.165, 1.54) is 0 Å². The topological polar surface area (TPSA) is 104 Å². The molecule has 1 saturated heterocycles. The second kappa shape index (κ2) is 5.86. The molecular formula is C15H19NO6. The number of hydrogen-bond acceptors (Lipinski definition) is 6. The van der Waals surface area contributed by atoms with Gasteiger partial charge < -0.3 is 34.5 Å². The first-order chi connectivity index (χ1) is 10.5. The molecule has 0 amide bonds. The molecule has 120 valence electrons. The van der Waals surface area contributed by atoms with Gasteiger partial charge in [0.05, 0.1) is 12.1 Å². The summed E-state index contributed by atoms with van der Waals surface area (Å²) in [6.45, 7) is -0.486. The highest BCUT2D eigenvalue weighted by Gasteiger charge is 2.44. The van der Waals surface area contributed by atoms with Gasteiger partial charge in [-0.15, -0.1) is 0 Å². The Morgan fingerprint density at radius 1 is 1.14 bits per heavy atom. The molecule has 1 fully saturated rings. The molecule has 4 N–H and O–H groups in total. The standard InChI is InChI=1S/C15H19NO6/c1-16-6-10(8-4-2-3-5-9(8)16)21-15-14(20)13(19)12(18)11(7-17)22-15/h2-6,11-15,17-20H,7H2,1H3/t11?,12-,13?,14?,15-/m1/s1. The van der Waals surface area contributed by atoms with E-state index in [2.05, 4.69) is 0 Å². The predicted molar refractivity (Wildman–Crippen MR) is 77.3 cm³/mol. The van der Waals surface area contributed by atoms with Crippen LogP contribution in [0, 0.1) is 0 Å². The average Bonchev–Trinajstić information content (AvgIpc) is 2.84. The zero-order valence-electron chi connectivity index (χ0n) is 12.0. The van der Waals surface area contributed by atoms with Crippen LogP contribution in [0.2, 0.25) is 0 Å². The number of rotatable bonds is 3. The Morgan fingerprint density at radius 3 is 2.59 bits per heavy atom. The summed E-state index contributed by atoms with van der Waals surface area (Å²) < 4.78 is 12.9. The largest absolute Gasteiger partial charge is 0.460 e. The van der Waals surface area contributed by atoms with Crippen molar-refractivity contribution in [2.24, 2.45) is 7.05 Å². The number of hydrogen-bond donors (Lipinski definition) is 4. The lowest BCUT2D eigenvalue weighted by Gasteiger charge is -2.39. The van der Waals surface area contributed by atoms with Crippen molar-refractivity contribution in [3.8, 4) is 5.75 Å². The summed E-state index contributed by atoms with van der Waals surface area (Å²) in [5.74, 6) is 0.488. The molecule has 2 heterocycles. The molecule has 3 rings (SSSR count). The molecule has 0 radical (unpaired) electrons. The molecule has 1 aromatic heterocycles. The highest BCUT2D eigenvalue weighted by molar-refractivity contribution is 5.86. The minimum Gasteiger partial charge on any atom is -0.460 e. The van der Waals surface area contributed by atoms with E-state index in [9.17, 15) is 20.4 Å². The molecule has 1 aromatic carbocycles. The normalized spacial score (nSPS) is 32.3. The Bertz CT molecular complexity index is 655. The summed E-state index contributed by atoms with van der Waals surface area (Å²) in [5, 5.41) is 39.6. The van der Waals surface area contributed by atoms with Crippen LogP contribution in [0.15, 0.2) is 30.5 Å². The van der Waals surface area contributed by atoms with Crippen LogP contribution in [-0.4, -0.2) is 62.3 Å². The Kier molecular flexibility index (Phi) is 4.07. The predicted octanol–water partition coefficient (Wildman–Crippen LogP) is -0.643. The van der Waals surface area contributed by atoms with Crippen LogP contribution in [0.1, 0.15) is 0 Å². The zero-order valence-corrected chi connectivity index (χ0v) is 12.0. The fraction of sp³-hybridized carbons (Fsp3) is 0.467. The molecule has 0 aliphatic carbocycles. The lowest BCUT2D eigenvalue weighted by molar-refractivity contribution is -0.277. The van der Waals surface area contributed by atoms with E-state index in [0.29, 0.717) is 5.75 Å². The Morgan fingerprint density at radius 2 is 1.86 bits per heavy atom. The number of aromatic nitrogens is 1. The third-order valence-electron chi connectivity index (χ3n) is 3.95. The minimum absolute atomic E-state index is 0.486.